The van der Waals surface area contributed by atoms with Gasteiger partial charge in [-0.2, -0.15) is 0 Å². The second-order valence-corrected chi connectivity index (χ2v) is 7.35. The zero-order valence-electron chi connectivity index (χ0n) is 15.8. The van der Waals surface area contributed by atoms with Crippen LogP contribution in [-0.2, 0) is 11.3 Å². The van der Waals surface area contributed by atoms with Crippen LogP contribution >= 0.6 is 11.6 Å². The van der Waals surface area contributed by atoms with E-state index in [1.165, 1.54) is 0 Å². The van der Waals surface area contributed by atoms with E-state index in [9.17, 15) is 18.4 Å². The summed E-state index contributed by atoms with van der Waals surface area (Å²) in [6.45, 7) is 3.61. The number of hydrogen-bond donors (Lipinski definition) is 1. The van der Waals surface area contributed by atoms with Gasteiger partial charge < -0.3 is 10.2 Å². The largest absolute Gasteiger partial charge is 0.351 e. The maximum Gasteiger partial charge on any atom is 0.254 e. The molecule has 0 atom stereocenters. The molecule has 0 aliphatic carbocycles. The third-order valence-corrected chi connectivity index (χ3v) is 5.06. The van der Waals surface area contributed by atoms with Crippen molar-refractivity contribution in [2.24, 2.45) is 0 Å². The lowest BCUT2D eigenvalue weighted by molar-refractivity contribution is -0.132. The lowest BCUT2D eigenvalue weighted by atomic mass is 10.2. The number of rotatable bonds is 6. The van der Waals surface area contributed by atoms with Crippen LogP contribution in [-0.4, -0.2) is 54.3 Å². The van der Waals surface area contributed by atoms with Gasteiger partial charge in [-0.3, -0.25) is 14.5 Å². The molecule has 0 saturated carbocycles. The molecule has 1 N–H and O–H groups in total. The lowest BCUT2D eigenvalue weighted by Crippen LogP contribution is -2.48. The first-order chi connectivity index (χ1) is 13.9. The molecular formula is C21H22ClF2N3O2. The number of halogens is 3. The molecule has 8 heteroatoms. The summed E-state index contributed by atoms with van der Waals surface area (Å²) in [6.07, 6.45) is 0.128. The van der Waals surface area contributed by atoms with Gasteiger partial charge in [0.2, 0.25) is 5.91 Å². The second kappa shape index (κ2) is 9.80. The molecule has 5 nitrogen and oxygen atoms in total. The van der Waals surface area contributed by atoms with E-state index in [4.69, 9.17) is 11.6 Å². The molecule has 2 aromatic carbocycles. The first-order valence-corrected chi connectivity index (χ1v) is 9.78. The van der Waals surface area contributed by atoms with Gasteiger partial charge in [-0.1, -0.05) is 23.7 Å². The summed E-state index contributed by atoms with van der Waals surface area (Å²) in [4.78, 5) is 28.3. The molecule has 3 rings (SSSR count). The Morgan fingerprint density at radius 2 is 1.79 bits per heavy atom. The summed E-state index contributed by atoms with van der Waals surface area (Å²) in [6, 6.07) is 10.5. The molecule has 1 fully saturated rings. The highest BCUT2D eigenvalue weighted by Gasteiger charge is 2.21. The Morgan fingerprint density at radius 1 is 1.03 bits per heavy atom. The summed E-state index contributed by atoms with van der Waals surface area (Å²) >= 11 is 6.01. The molecule has 1 aliphatic rings. The van der Waals surface area contributed by atoms with Crippen molar-refractivity contribution in [3.63, 3.8) is 0 Å². The predicted molar refractivity (Wildman–Crippen MR) is 107 cm³/mol. The minimum Gasteiger partial charge on any atom is -0.351 e. The molecule has 29 heavy (non-hydrogen) atoms. The fourth-order valence-corrected chi connectivity index (χ4v) is 3.47. The number of nitrogens with one attached hydrogen (secondary N) is 1. The number of nitrogens with zero attached hydrogens (tertiary/aromatic N) is 2. The number of carbonyl (C=O) groups excluding carboxylic acids is 2. The Morgan fingerprint density at radius 3 is 2.48 bits per heavy atom. The van der Waals surface area contributed by atoms with Crippen molar-refractivity contribution in [3.8, 4) is 0 Å². The Labute approximate surface area is 173 Å². The molecule has 1 heterocycles. The van der Waals surface area contributed by atoms with Crippen LogP contribution in [0.3, 0.4) is 0 Å². The molecule has 0 unspecified atom stereocenters. The maximum absolute atomic E-state index is 13.6. The van der Waals surface area contributed by atoms with Gasteiger partial charge in [0, 0.05) is 56.8 Å². The molecule has 1 aliphatic heterocycles. The van der Waals surface area contributed by atoms with Gasteiger partial charge in [0.05, 0.1) is 5.56 Å². The predicted octanol–water partition coefficient (Wildman–Crippen LogP) is 3.08. The highest BCUT2D eigenvalue weighted by Crippen LogP contribution is 2.14. The fraction of sp³-hybridized carbons (Fsp3) is 0.333. The molecule has 2 aromatic rings. The van der Waals surface area contributed by atoms with Crippen LogP contribution < -0.4 is 5.32 Å². The molecule has 0 spiro atoms. The van der Waals surface area contributed by atoms with E-state index < -0.39 is 17.5 Å². The van der Waals surface area contributed by atoms with Crippen molar-refractivity contribution in [1.82, 2.24) is 15.1 Å². The van der Waals surface area contributed by atoms with Crippen LogP contribution in [0.25, 0.3) is 0 Å². The maximum atomic E-state index is 13.6. The monoisotopic (exact) mass is 421 g/mol. The van der Waals surface area contributed by atoms with Crippen molar-refractivity contribution >= 4 is 23.4 Å². The van der Waals surface area contributed by atoms with E-state index in [1.807, 2.05) is 24.3 Å². The van der Waals surface area contributed by atoms with Crippen molar-refractivity contribution < 1.29 is 18.4 Å². The van der Waals surface area contributed by atoms with Crippen molar-refractivity contribution in [3.05, 3.63) is 70.2 Å². The summed E-state index contributed by atoms with van der Waals surface area (Å²) < 4.78 is 26.5. The number of amides is 2. The molecule has 0 aromatic heterocycles. The highest BCUT2D eigenvalue weighted by molar-refractivity contribution is 6.30. The van der Waals surface area contributed by atoms with Gasteiger partial charge in [-0.05, 0) is 29.8 Å². The minimum atomic E-state index is -0.926. The number of benzene rings is 2. The Balaban J connectivity index is 1.40. The zero-order valence-corrected chi connectivity index (χ0v) is 16.6. The van der Waals surface area contributed by atoms with Crippen LogP contribution in [0, 0.1) is 11.6 Å². The Kier molecular flexibility index (Phi) is 7.17. The molecule has 1 saturated heterocycles. The normalized spacial score (nSPS) is 14.7. The van der Waals surface area contributed by atoms with Crippen molar-refractivity contribution in [2.75, 3.05) is 32.7 Å². The van der Waals surface area contributed by atoms with E-state index in [2.05, 4.69) is 10.2 Å². The van der Waals surface area contributed by atoms with Crippen molar-refractivity contribution in [1.29, 1.82) is 0 Å². The van der Waals surface area contributed by atoms with Gasteiger partial charge in [-0.25, -0.2) is 8.78 Å². The van der Waals surface area contributed by atoms with E-state index in [0.717, 1.165) is 37.3 Å². The average molecular weight is 422 g/mol. The molecular weight excluding hydrogens is 400 g/mol. The van der Waals surface area contributed by atoms with Crippen LogP contribution in [0.5, 0.6) is 0 Å². The van der Waals surface area contributed by atoms with Crippen LogP contribution in [0.4, 0.5) is 8.78 Å². The van der Waals surface area contributed by atoms with E-state index in [0.29, 0.717) is 24.2 Å². The minimum absolute atomic E-state index is 0.0627. The second-order valence-electron chi connectivity index (χ2n) is 6.92. The van der Waals surface area contributed by atoms with Gasteiger partial charge in [0.25, 0.3) is 5.91 Å². The molecule has 154 valence electrons. The van der Waals surface area contributed by atoms with Gasteiger partial charge >= 0.3 is 0 Å². The van der Waals surface area contributed by atoms with Gasteiger partial charge in [0.15, 0.2) is 0 Å². The third-order valence-electron chi connectivity index (χ3n) is 4.82. The molecule has 2 amide bonds. The average Bonchev–Trinajstić information content (AvgIpc) is 2.68. The topological polar surface area (TPSA) is 52.7 Å². The van der Waals surface area contributed by atoms with E-state index >= 15 is 0 Å². The van der Waals surface area contributed by atoms with Gasteiger partial charge in [-0.15, -0.1) is 0 Å². The fourth-order valence-electron chi connectivity index (χ4n) is 3.26. The Hall–Kier alpha value is -2.51. The van der Waals surface area contributed by atoms with Crippen molar-refractivity contribution in [2.45, 2.75) is 13.0 Å². The Bertz CT molecular complexity index is 886. The summed E-state index contributed by atoms with van der Waals surface area (Å²) in [5.74, 6) is -2.40. The molecule has 0 radical (unpaired) electrons. The number of hydrogen-bond acceptors (Lipinski definition) is 3. The summed E-state index contributed by atoms with van der Waals surface area (Å²) in [7, 11) is 0. The van der Waals surface area contributed by atoms with Crippen LogP contribution in [0.2, 0.25) is 5.02 Å². The van der Waals surface area contributed by atoms with E-state index in [1.54, 1.807) is 4.90 Å². The zero-order chi connectivity index (χ0) is 20.8. The number of carbonyl (C=O) groups is 2. The van der Waals surface area contributed by atoms with E-state index in [-0.39, 0.29) is 24.4 Å². The summed E-state index contributed by atoms with van der Waals surface area (Å²) in [5, 5.41) is 3.21. The lowest BCUT2D eigenvalue weighted by Gasteiger charge is -2.34. The highest BCUT2D eigenvalue weighted by atomic mass is 35.5. The standard InChI is InChI=1S/C21H22ClF2N3O2/c22-16-3-1-2-15(12-16)14-26-8-10-27(11-9-26)20(28)6-7-25-21(29)18-5-4-17(23)13-19(18)24/h1-5,12-13H,6-11,14H2,(H,25,29). The molecule has 0 bridgehead atoms. The first-order valence-electron chi connectivity index (χ1n) is 9.40. The number of piperazine rings is 1. The smallest absolute Gasteiger partial charge is 0.254 e. The van der Waals surface area contributed by atoms with Gasteiger partial charge in [0.1, 0.15) is 11.6 Å². The third kappa shape index (κ3) is 5.98. The SMILES string of the molecule is O=C(NCCC(=O)N1CCN(Cc2cccc(Cl)c2)CC1)c1ccc(F)cc1F. The van der Waals surface area contributed by atoms with Crippen LogP contribution in [0.15, 0.2) is 42.5 Å². The van der Waals surface area contributed by atoms with Crippen LogP contribution in [0.1, 0.15) is 22.3 Å². The summed E-state index contributed by atoms with van der Waals surface area (Å²) in [5.41, 5.74) is 0.890. The quantitative estimate of drug-likeness (QED) is 0.779. The first kappa shape index (κ1) is 21.2.